The van der Waals surface area contributed by atoms with E-state index in [1.54, 1.807) is 6.07 Å². The van der Waals surface area contributed by atoms with Gasteiger partial charge in [0.1, 0.15) is 6.29 Å². The number of hydrogen-bond donors (Lipinski definition) is 2. The van der Waals surface area contributed by atoms with Gasteiger partial charge in [0.15, 0.2) is 6.10 Å². The van der Waals surface area contributed by atoms with Crippen molar-refractivity contribution in [1.29, 1.82) is 5.26 Å². The summed E-state index contributed by atoms with van der Waals surface area (Å²) in [5.74, 6) is -1.44. The van der Waals surface area contributed by atoms with Gasteiger partial charge in [0, 0.05) is 11.1 Å². The quantitative estimate of drug-likeness (QED) is 0.732. The van der Waals surface area contributed by atoms with Crippen LogP contribution in [0.5, 0.6) is 0 Å². The van der Waals surface area contributed by atoms with Gasteiger partial charge in [-0.3, -0.25) is 4.79 Å². The lowest BCUT2D eigenvalue weighted by Crippen LogP contribution is -2.13. The fraction of sp³-hybridized carbons (Fsp3) is 0.182. The number of aliphatic hydroxyl groups is 1. The summed E-state index contributed by atoms with van der Waals surface area (Å²) < 4.78 is 0. The number of carboxylic acids is 1. The number of nitrogens with zero attached hydrogens (tertiary/aromatic N) is 1. The van der Waals surface area contributed by atoms with E-state index in [-0.39, 0.29) is 11.1 Å². The van der Waals surface area contributed by atoms with E-state index >= 15 is 0 Å². The van der Waals surface area contributed by atoms with Crippen molar-refractivity contribution in [2.24, 2.45) is 0 Å². The van der Waals surface area contributed by atoms with Gasteiger partial charge in [-0.1, -0.05) is 12.1 Å². The van der Waals surface area contributed by atoms with Gasteiger partial charge in [0.05, 0.1) is 11.6 Å². The first-order chi connectivity index (χ1) is 7.52. The van der Waals surface area contributed by atoms with Crippen molar-refractivity contribution >= 4 is 12.3 Å². The van der Waals surface area contributed by atoms with Crippen molar-refractivity contribution in [2.75, 3.05) is 0 Å². The normalized spacial score (nSPS) is 11.6. The van der Waals surface area contributed by atoms with Crippen LogP contribution in [-0.2, 0) is 4.79 Å². The van der Waals surface area contributed by atoms with Crippen LogP contribution in [0.3, 0.4) is 0 Å². The summed E-state index contributed by atoms with van der Waals surface area (Å²) >= 11 is 0. The van der Waals surface area contributed by atoms with Gasteiger partial charge in [0.2, 0.25) is 0 Å². The van der Waals surface area contributed by atoms with Gasteiger partial charge < -0.3 is 10.2 Å². The van der Waals surface area contributed by atoms with Crippen LogP contribution in [0.15, 0.2) is 12.1 Å². The van der Waals surface area contributed by atoms with Crippen LogP contribution in [0.25, 0.3) is 0 Å². The van der Waals surface area contributed by atoms with Crippen LogP contribution in [0, 0.1) is 18.3 Å². The summed E-state index contributed by atoms with van der Waals surface area (Å²) in [5.41, 5.74) is 0.700. The van der Waals surface area contributed by atoms with Gasteiger partial charge >= 0.3 is 5.97 Å². The molecule has 0 heterocycles. The minimum absolute atomic E-state index is 0.00176. The van der Waals surface area contributed by atoms with Gasteiger partial charge in [-0.25, -0.2) is 4.79 Å². The molecule has 0 saturated carbocycles. The molecule has 0 spiro atoms. The van der Waals surface area contributed by atoms with E-state index in [1.165, 1.54) is 19.1 Å². The van der Waals surface area contributed by atoms with E-state index in [1.807, 2.05) is 0 Å². The zero-order valence-electron chi connectivity index (χ0n) is 8.47. The molecule has 16 heavy (non-hydrogen) atoms. The molecule has 0 aliphatic rings. The number of aldehydes is 1. The summed E-state index contributed by atoms with van der Waals surface area (Å²) in [4.78, 5) is 21.2. The summed E-state index contributed by atoms with van der Waals surface area (Å²) in [7, 11) is 0. The van der Waals surface area contributed by atoms with Gasteiger partial charge in [-0.05, 0) is 12.5 Å². The summed E-state index contributed by atoms with van der Waals surface area (Å²) in [6.45, 7) is 1.53. The second kappa shape index (κ2) is 4.55. The Hall–Kier alpha value is -2.19. The topological polar surface area (TPSA) is 98.4 Å². The molecular weight excluding hydrogens is 210 g/mol. The number of benzene rings is 1. The molecule has 0 bridgehead atoms. The van der Waals surface area contributed by atoms with Crippen LogP contribution in [0.4, 0.5) is 0 Å². The molecule has 0 amide bonds. The number of aliphatic hydroxyl groups excluding tert-OH is 1. The predicted octanol–water partition coefficient (Wildman–Crippen LogP) is 0.797. The standard InChI is InChI=1S/C11H9NO4/c1-6-7(5-13)2-3-8(9(6)4-12)10(14)11(15)16/h2-3,5,10,14H,1H3,(H,15,16). The number of carbonyl (C=O) groups is 2. The predicted molar refractivity (Wildman–Crippen MR) is 53.9 cm³/mol. The highest BCUT2D eigenvalue weighted by Crippen LogP contribution is 2.23. The van der Waals surface area contributed by atoms with Crippen LogP contribution >= 0.6 is 0 Å². The van der Waals surface area contributed by atoms with Crippen LogP contribution in [0.1, 0.15) is 33.2 Å². The largest absolute Gasteiger partial charge is 0.479 e. The average Bonchev–Trinajstić information content (AvgIpc) is 2.27. The lowest BCUT2D eigenvalue weighted by Gasteiger charge is -2.11. The fourth-order valence-electron chi connectivity index (χ4n) is 1.39. The zero-order chi connectivity index (χ0) is 12.3. The number of carbonyl (C=O) groups excluding carboxylic acids is 1. The van der Waals surface area contributed by atoms with Crippen LogP contribution in [-0.4, -0.2) is 22.5 Å². The van der Waals surface area contributed by atoms with Crippen molar-refractivity contribution < 1.29 is 19.8 Å². The molecule has 1 aromatic carbocycles. The third kappa shape index (κ3) is 1.92. The van der Waals surface area contributed by atoms with Gasteiger partial charge in [0.25, 0.3) is 0 Å². The van der Waals surface area contributed by atoms with E-state index in [0.717, 1.165) is 0 Å². The molecule has 1 unspecified atom stereocenters. The number of aliphatic carboxylic acids is 1. The Morgan fingerprint density at radius 3 is 2.62 bits per heavy atom. The Morgan fingerprint density at radius 2 is 2.19 bits per heavy atom. The highest BCUT2D eigenvalue weighted by molar-refractivity contribution is 5.81. The fourth-order valence-corrected chi connectivity index (χ4v) is 1.39. The van der Waals surface area contributed by atoms with Gasteiger partial charge in [-0.15, -0.1) is 0 Å². The van der Waals surface area contributed by atoms with Crippen molar-refractivity contribution in [3.05, 3.63) is 34.4 Å². The van der Waals surface area contributed by atoms with Crippen LogP contribution in [0.2, 0.25) is 0 Å². The Labute approximate surface area is 91.6 Å². The zero-order valence-corrected chi connectivity index (χ0v) is 8.47. The number of rotatable bonds is 3. The van der Waals surface area contributed by atoms with Crippen molar-refractivity contribution in [1.82, 2.24) is 0 Å². The molecule has 5 nitrogen and oxygen atoms in total. The molecule has 0 aliphatic carbocycles. The van der Waals surface area contributed by atoms with E-state index in [0.29, 0.717) is 17.4 Å². The smallest absolute Gasteiger partial charge is 0.337 e. The summed E-state index contributed by atoms with van der Waals surface area (Å²) in [6.07, 6.45) is -1.18. The lowest BCUT2D eigenvalue weighted by atomic mass is 9.95. The van der Waals surface area contributed by atoms with E-state index in [2.05, 4.69) is 0 Å². The van der Waals surface area contributed by atoms with Crippen molar-refractivity contribution in [2.45, 2.75) is 13.0 Å². The Balaban J connectivity index is 3.44. The monoisotopic (exact) mass is 219 g/mol. The van der Waals surface area contributed by atoms with Crippen molar-refractivity contribution in [3.63, 3.8) is 0 Å². The first-order valence-electron chi connectivity index (χ1n) is 4.42. The van der Waals surface area contributed by atoms with Crippen LogP contribution < -0.4 is 0 Å². The van der Waals surface area contributed by atoms with Gasteiger partial charge in [-0.2, -0.15) is 5.26 Å². The highest BCUT2D eigenvalue weighted by atomic mass is 16.4. The molecule has 1 aromatic rings. The van der Waals surface area contributed by atoms with E-state index < -0.39 is 12.1 Å². The molecule has 1 rings (SSSR count). The number of carboxylic acid groups (broad SMARTS) is 1. The Kier molecular flexibility index (Phi) is 3.38. The molecule has 0 saturated heterocycles. The maximum Gasteiger partial charge on any atom is 0.337 e. The summed E-state index contributed by atoms with van der Waals surface area (Å²) in [5, 5.41) is 26.9. The Bertz CT molecular complexity index is 487. The minimum Gasteiger partial charge on any atom is -0.479 e. The molecule has 0 aliphatic heterocycles. The Morgan fingerprint density at radius 1 is 1.56 bits per heavy atom. The number of nitriles is 1. The lowest BCUT2D eigenvalue weighted by molar-refractivity contribution is -0.146. The van der Waals surface area contributed by atoms with Crippen molar-refractivity contribution in [3.8, 4) is 6.07 Å². The average molecular weight is 219 g/mol. The molecule has 0 radical (unpaired) electrons. The third-order valence-electron chi connectivity index (χ3n) is 2.31. The molecule has 1 atom stereocenters. The molecule has 0 fully saturated rings. The molecular formula is C11H9NO4. The molecule has 5 heteroatoms. The van der Waals surface area contributed by atoms with E-state index in [4.69, 9.17) is 10.4 Å². The SMILES string of the molecule is Cc1c(C=O)ccc(C(O)C(=O)O)c1C#N. The molecule has 2 N–H and O–H groups in total. The molecule has 0 aromatic heterocycles. The first-order valence-corrected chi connectivity index (χ1v) is 4.42. The third-order valence-corrected chi connectivity index (χ3v) is 2.31. The summed E-state index contributed by atoms with van der Waals surface area (Å²) in [6, 6.07) is 4.44. The second-order valence-corrected chi connectivity index (χ2v) is 3.21. The second-order valence-electron chi connectivity index (χ2n) is 3.21. The molecule has 82 valence electrons. The number of hydrogen-bond acceptors (Lipinski definition) is 4. The first kappa shape index (κ1) is 11.9. The highest BCUT2D eigenvalue weighted by Gasteiger charge is 2.21. The minimum atomic E-state index is -1.76. The maximum absolute atomic E-state index is 10.6. The van der Waals surface area contributed by atoms with E-state index in [9.17, 15) is 14.7 Å². The maximum atomic E-state index is 10.6.